The molecule has 1 fully saturated rings. The van der Waals surface area contributed by atoms with Gasteiger partial charge in [0.2, 0.25) is 0 Å². The average Bonchev–Trinajstić information content (AvgIpc) is 2.94. The number of β-amino-alcohol motifs (C(OH)–C–C–N with tert-alkyl or cyclic N) is 1. The quantitative estimate of drug-likeness (QED) is 0.897. The summed E-state index contributed by atoms with van der Waals surface area (Å²) >= 11 is 6.23. The molecule has 0 saturated carbocycles. The first-order chi connectivity index (χ1) is 8.94. The lowest BCUT2D eigenvalue weighted by molar-refractivity contribution is 0.0746. The first-order valence-corrected chi connectivity index (χ1v) is 7.22. The summed E-state index contributed by atoms with van der Waals surface area (Å²) in [7, 11) is 0. The summed E-state index contributed by atoms with van der Waals surface area (Å²) in [5.41, 5.74) is 1.76. The molecule has 0 radical (unpaired) electrons. The number of aliphatic hydroxyl groups is 1. The number of rotatable bonds is 3. The maximum atomic E-state index is 9.94. The average molecular weight is 286 g/mol. The molecule has 1 saturated heterocycles. The van der Waals surface area contributed by atoms with Gasteiger partial charge in [0.1, 0.15) is 5.69 Å². The van der Waals surface area contributed by atoms with Crippen LogP contribution in [0.1, 0.15) is 45.5 Å². The number of aryl methyl sites for hydroxylation is 1. The second-order valence-electron chi connectivity index (χ2n) is 4.83. The van der Waals surface area contributed by atoms with Crippen LogP contribution in [0.3, 0.4) is 0 Å². The van der Waals surface area contributed by atoms with Gasteiger partial charge in [0, 0.05) is 13.1 Å². The third-order valence-electron chi connectivity index (χ3n) is 3.24. The molecule has 19 heavy (non-hydrogen) atoms. The fourth-order valence-electron chi connectivity index (χ4n) is 2.12. The first-order valence-electron chi connectivity index (χ1n) is 6.84. The van der Waals surface area contributed by atoms with Crippen molar-refractivity contribution in [3.63, 3.8) is 0 Å². The Bertz CT molecular complexity index is 440. The number of nitrogens with one attached hydrogen (secondary N) is 1. The van der Waals surface area contributed by atoms with Crippen LogP contribution in [0.25, 0.3) is 5.70 Å². The van der Waals surface area contributed by atoms with Crippen LogP contribution >= 0.6 is 11.6 Å². The van der Waals surface area contributed by atoms with Crippen molar-refractivity contribution >= 4 is 17.3 Å². The van der Waals surface area contributed by atoms with Crippen LogP contribution in [-0.4, -0.2) is 38.9 Å². The third-order valence-corrected chi connectivity index (χ3v) is 3.64. The molecule has 1 aromatic rings. The fourth-order valence-corrected chi connectivity index (χ4v) is 2.44. The number of aromatic nitrogens is 2. The Hall–Kier alpha value is -1.00. The molecule has 1 aliphatic rings. The summed E-state index contributed by atoms with van der Waals surface area (Å²) < 4.78 is 0. The van der Waals surface area contributed by atoms with E-state index in [4.69, 9.17) is 11.6 Å². The molecule has 2 N–H and O–H groups in total. The minimum atomic E-state index is -0.640. The minimum Gasteiger partial charge on any atom is -0.388 e. The molecule has 1 unspecified atom stereocenters. The molecule has 2 rings (SSSR count). The highest BCUT2D eigenvalue weighted by molar-refractivity contribution is 6.32. The van der Waals surface area contributed by atoms with E-state index in [9.17, 15) is 5.11 Å². The topological polar surface area (TPSA) is 52.2 Å². The standard InChI is InChI=1S/C12H18ClN3O.C2H6/c1-4-9-10(13)11(15-14-9)8(2)16-6-5-12(3,17)7-16;1-2/h17H,2,4-7H2,1,3H3,(H,14,15);1-2H3. The van der Waals surface area contributed by atoms with Gasteiger partial charge in [-0.2, -0.15) is 5.10 Å². The van der Waals surface area contributed by atoms with Gasteiger partial charge in [0.15, 0.2) is 0 Å². The normalized spacial score (nSPS) is 22.1. The van der Waals surface area contributed by atoms with Crippen molar-refractivity contribution in [3.8, 4) is 0 Å². The highest BCUT2D eigenvalue weighted by Crippen LogP contribution is 2.31. The smallest absolute Gasteiger partial charge is 0.126 e. The molecule has 1 aliphatic heterocycles. The van der Waals surface area contributed by atoms with E-state index in [1.165, 1.54) is 0 Å². The Morgan fingerprint density at radius 1 is 1.58 bits per heavy atom. The maximum Gasteiger partial charge on any atom is 0.126 e. The van der Waals surface area contributed by atoms with Crippen LogP contribution in [-0.2, 0) is 6.42 Å². The minimum absolute atomic E-state index is 0.580. The van der Waals surface area contributed by atoms with Crippen molar-refractivity contribution in [2.75, 3.05) is 13.1 Å². The van der Waals surface area contributed by atoms with Gasteiger partial charge < -0.3 is 10.0 Å². The Kier molecular flexibility index (Phi) is 5.44. The van der Waals surface area contributed by atoms with Gasteiger partial charge in [0.05, 0.1) is 22.0 Å². The van der Waals surface area contributed by atoms with E-state index in [0.29, 0.717) is 17.3 Å². The lowest BCUT2D eigenvalue weighted by Gasteiger charge is -2.21. The molecule has 0 bridgehead atoms. The molecular weight excluding hydrogens is 262 g/mol. The zero-order chi connectivity index (χ0) is 14.6. The molecule has 2 heterocycles. The number of nitrogens with zero attached hydrogens (tertiary/aromatic N) is 2. The zero-order valence-corrected chi connectivity index (χ0v) is 13.0. The van der Waals surface area contributed by atoms with Gasteiger partial charge in [-0.3, -0.25) is 5.10 Å². The Morgan fingerprint density at radius 2 is 2.21 bits per heavy atom. The van der Waals surface area contributed by atoms with E-state index < -0.39 is 5.60 Å². The summed E-state index contributed by atoms with van der Waals surface area (Å²) in [5, 5.41) is 17.7. The van der Waals surface area contributed by atoms with E-state index in [1.807, 2.05) is 32.6 Å². The van der Waals surface area contributed by atoms with Crippen molar-refractivity contribution in [2.45, 2.75) is 46.1 Å². The molecule has 1 aromatic heterocycles. The first kappa shape index (κ1) is 16.1. The Labute approximate surface area is 120 Å². The van der Waals surface area contributed by atoms with Crippen LogP contribution in [0.4, 0.5) is 0 Å². The lowest BCUT2D eigenvalue weighted by Crippen LogP contribution is -2.28. The second-order valence-corrected chi connectivity index (χ2v) is 5.21. The number of hydrogen-bond acceptors (Lipinski definition) is 3. The van der Waals surface area contributed by atoms with Crippen molar-refractivity contribution in [2.24, 2.45) is 0 Å². The second kappa shape index (κ2) is 6.44. The zero-order valence-electron chi connectivity index (χ0n) is 12.3. The van der Waals surface area contributed by atoms with Gasteiger partial charge in [-0.15, -0.1) is 0 Å². The van der Waals surface area contributed by atoms with E-state index in [1.54, 1.807) is 0 Å². The van der Waals surface area contributed by atoms with E-state index in [2.05, 4.69) is 16.8 Å². The predicted molar refractivity (Wildman–Crippen MR) is 80.2 cm³/mol. The number of halogens is 1. The number of hydrogen-bond donors (Lipinski definition) is 2. The van der Waals surface area contributed by atoms with Crippen LogP contribution < -0.4 is 0 Å². The highest BCUT2D eigenvalue weighted by Gasteiger charge is 2.33. The fraction of sp³-hybridized carbons (Fsp3) is 0.643. The van der Waals surface area contributed by atoms with E-state index >= 15 is 0 Å². The molecule has 108 valence electrons. The van der Waals surface area contributed by atoms with Gasteiger partial charge in [-0.1, -0.05) is 39.0 Å². The molecule has 4 nitrogen and oxygen atoms in total. The van der Waals surface area contributed by atoms with Gasteiger partial charge in [-0.25, -0.2) is 0 Å². The third kappa shape index (κ3) is 3.51. The summed E-state index contributed by atoms with van der Waals surface area (Å²) in [6, 6.07) is 0. The molecule has 0 amide bonds. The number of aromatic amines is 1. The van der Waals surface area contributed by atoms with Crippen molar-refractivity contribution in [1.82, 2.24) is 15.1 Å². The monoisotopic (exact) mass is 285 g/mol. The largest absolute Gasteiger partial charge is 0.388 e. The number of H-pyrrole nitrogens is 1. The maximum absolute atomic E-state index is 9.94. The predicted octanol–water partition coefficient (Wildman–Crippen LogP) is 3.08. The molecule has 5 heteroatoms. The van der Waals surface area contributed by atoms with Crippen LogP contribution in [0.15, 0.2) is 6.58 Å². The van der Waals surface area contributed by atoms with Gasteiger partial charge in [-0.05, 0) is 19.8 Å². The summed E-state index contributed by atoms with van der Waals surface area (Å²) in [6.45, 7) is 13.3. The van der Waals surface area contributed by atoms with Crippen LogP contribution in [0, 0.1) is 0 Å². The molecule has 0 aromatic carbocycles. The Morgan fingerprint density at radius 3 is 2.63 bits per heavy atom. The summed E-state index contributed by atoms with van der Waals surface area (Å²) in [4.78, 5) is 2.03. The van der Waals surface area contributed by atoms with E-state index in [0.717, 1.165) is 30.8 Å². The summed E-state index contributed by atoms with van der Waals surface area (Å²) in [6.07, 6.45) is 1.56. The van der Waals surface area contributed by atoms with Crippen molar-refractivity contribution in [1.29, 1.82) is 0 Å². The number of likely N-dealkylation sites (tertiary alicyclic amines) is 1. The van der Waals surface area contributed by atoms with Gasteiger partial charge in [0.25, 0.3) is 0 Å². The van der Waals surface area contributed by atoms with Crippen LogP contribution in [0.5, 0.6) is 0 Å². The van der Waals surface area contributed by atoms with Crippen molar-refractivity contribution in [3.05, 3.63) is 23.0 Å². The molecule has 0 spiro atoms. The SMILES string of the molecule is C=C(c1n[nH]c(CC)c1Cl)N1CCC(C)(O)C1.CC. The molecule has 1 atom stereocenters. The van der Waals surface area contributed by atoms with Gasteiger partial charge >= 0.3 is 0 Å². The lowest BCUT2D eigenvalue weighted by atomic mass is 10.1. The highest BCUT2D eigenvalue weighted by atomic mass is 35.5. The van der Waals surface area contributed by atoms with Crippen LogP contribution in [0.2, 0.25) is 5.02 Å². The summed E-state index contributed by atoms with van der Waals surface area (Å²) in [5.74, 6) is 0. The molecular formula is C14H24ClN3O. The van der Waals surface area contributed by atoms with Crippen molar-refractivity contribution < 1.29 is 5.11 Å². The van der Waals surface area contributed by atoms with E-state index in [-0.39, 0.29) is 0 Å². The molecule has 0 aliphatic carbocycles. The Balaban J connectivity index is 0.000000861.